The molecule has 0 aliphatic carbocycles. The second kappa shape index (κ2) is 5.75. The molecule has 1 N–H and O–H groups in total. The zero-order valence-corrected chi connectivity index (χ0v) is 11.6. The van der Waals surface area contributed by atoms with Crippen LogP contribution in [0.3, 0.4) is 0 Å². The van der Waals surface area contributed by atoms with Gasteiger partial charge in [-0.3, -0.25) is 0 Å². The van der Waals surface area contributed by atoms with Crippen LogP contribution in [0.25, 0.3) is 0 Å². The number of thiazole rings is 1. The fourth-order valence-electron chi connectivity index (χ4n) is 1.84. The van der Waals surface area contributed by atoms with Crippen LogP contribution < -0.4 is 0 Å². The lowest BCUT2D eigenvalue weighted by Crippen LogP contribution is -2.14. The summed E-state index contributed by atoms with van der Waals surface area (Å²) >= 11 is 1.55. The maximum atomic E-state index is 13.0. The van der Waals surface area contributed by atoms with Crippen molar-refractivity contribution >= 4 is 11.3 Å². The molecule has 1 heterocycles. The fraction of sp³-hybridized carbons (Fsp3) is 0.357. The number of hydrogen-bond donors (Lipinski definition) is 1. The van der Waals surface area contributed by atoms with E-state index in [-0.39, 0.29) is 6.42 Å². The van der Waals surface area contributed by atoms with Gasteiger partial charge in [0.2, 0.25) is 0 Å². The van der Waals surface area contributed by atoms with E-state index in [4.69, 9.17) is 0 Å². The molecule has 2 rings (SSSR count). The third kappa shape index (κ3) is 3.58. The summed E-state index contributed by atoms with van der Waals surface area (Å²) in [6.07, 6.45) is 0.0718. The maximum absolute atomic E-state index is 13.0. The lowest BCUT2D eigenvalue weighted by molar-refractivity contribution is 0.175. The van der Waals surface area contributed by atoms with E-state index in [1.54, 1.807) is 11.3 Å². The number of benzene rings is 1. The Balaban J connectivity index is 2.00. The Labute approximate surface area is 114 Å². The van der Waals surface area contributed by atoms with Crippen LogP contribution in [-0.2, 0) is 12.8 Å². The largest absolute Gasteiger partial charge is 0.392 e. The first kappa shape index (κ1) is 14.1. The SMILES string of the molecule is Cc1nc(CC(O)Cc2ccc(F)c(F)c2)sc1C. The van der Waals surface area contributed by atoms with E-state index in [1.807, 2.05) is 13.8 Å². The molecule has 5 heteroatoms. The van der Waals surface area contributed by atoms with Gasteiger partial charge < -0.3 is 5.11 Å². The number of aliphatic hydroxyl groups is 1. The molecule has 2 aromatic rings. The fourth-order valence-corrected chi connectivity index (χ4v) is 2.84. The second-order valence-corrected chi connectivity index (χ2v) is 5.85. The number of hydrogen-bond acceptors (Lipinski definition) is 3. The molecule has 0 aliphatic heterocycles. The van der Waals surface area contributed by atoms with Crippen molar-refractivity contribution in [2.24, 2.45) is 0 Å². The van der Waals surface area contributed by atoms with Crippen LogP contribution in [0, 0.1) is 25.5 Å². The number of nitrogens with zero attached hydrogens (tertiary/aromatic N) is 1. The van der Waals surface area contributed by atoms with Gasteiger partial charge in [0, 0.05) is 11.3 Å². The van der Waals surface area contributed by atoms with E-state index in [1.165, 1.54) is 6.07 Å². The summed E-state index contributed by atoms with van der Waals surface area (Å²) in [4.78, 5) is 5.48. The van der Waals surface area contributed by atoms with E-state index in [9.17, 15) is 13.9 Å². The summed E-state index contributed by atoms with van der Waals surface area (Å²) in [7, 11) is 0. The summed E-state index contributed by atoms with van der Waals surface area (Å²) in [5, 5.41) is 10.8. The minimum Gasteiger partial charge on any atom is -0.392 e. The quantitative estimate of drug-likeness (QED) is 0.935. The highest BCUT2D eigenvalue weighted by Gasteiger charge is 2.12. The zero-order chi connectivity index (χ0) is 14.0. The molecule has 0 fully saturated rings. The molecular weight excluding hydrogens is 268 g/mol. The van der Waals surface area contributed by atoms with Crippen molar-refractivity contribution in [3.8, 4) is 0 Å². The maximum Gasteiger partial charge on any atom is 0.159 e. The van der Waals surface area contributed by atoms with Gasteiger partial charge in [-0.15, -0.1) is 11.3 Å². The van der Waals surface area contributed by atoms with Gasteiger partial charge in [0.05, 0.1) is 16.8 Å². The van der Waals surface area contributed by atoms with E-state index in [0.717, 1.165) is 27.7 Å². The molecule has 0 bridgehead atoms. The van der Waals surface area contributed by atoms with Crippen molar-refractivity contribution in [1.29, 1.82) is 0 Å². The number of aryl methyl sites for hydroxylation is 2. The molecule has 19 heavy (non-hydrogen) atoms. The van der Waals surface area contributed by atoms with Gasteiger partial charge in [-0.2, -0.15) is 0 Å². The standard InChI is InChI=1S/C14H15F2NOS/c1-8-9(2)19-14(17-8)7-11(18)5-10-3-4-12(15)13(16)6-10/h3-4,6,11,18H,5,7H2,1-2H3. The zero-order valence-electron chi connectivity index (χ0n) is 10.8. The second-order valence-electron chi connectivity index (χ2n) is 4.56. The highest BCUT2D eigenvalue weighted by atomic mass is 32.1. The van der Waals surface area contributed by atoms with Crippen molar-refractivity contribution in [3.63, 3.8) is 0 Å². The molecular formula is C14H15F2NOS. The topological polar surface area (TPSA) is 33.1 Å². The minimum absolute atomic E-state index is 0.287. The number of rotatable bonds is 4. The lowest BCUT2D eigenvalue weighted by atomic mass is 10.1. The third-order valence-electron chi connectivity index (χ3n) is 2.94. The van der Waals surface area contributed by atoms with Gasteiger partial charge in [0.15, 0.2) is 11.6 Å². The Hall–Kier alpha value is -1.33. The van der Waals surface area contributed by atoms with Crippen LogP contribution >= 0.6 is 11.3 Å². The van der Waals surface area contributed by atoms with E-state index in [2.05, 4.69) is 4.98 Å². The van der Waals surface area contributed by atoms with Crippen LogP contribution in [0.15, 0.2) is 18.2 Å². The van der Waals surface area contributed by atoms with Gasteiger partial charge in [-0.1, -0.05) is 6.07 Å². The number of halogens is 2. The molecule has 1 aromatic heterocycles. The minimum atomic E-state index is -0.884. The molecule has 0 spiro atoms. The highest BCUT2D eigenvalue weighted by Crippen LogP contribution is 2.19. The van der Waals surface area contributed by atoms with Crippen molar-refractivity contribution < 1.29 is 13.9 Å². The van der Waals surface area contributed by atoms with Crippen LogP contribution in [0.2, 0.25) is 0 Å². The van der Waals surface area contributed by atoms with E-state index >= 15 is 0 Å². The van der Waals surface area contributed by atoms with E-state index < -0.39 is 17.7 Å². The monoisotopic (exact) mass is 283 g/mol. The predicted molar refractivity (Wildman–Crippen MR) is 71.4 cm³/mol. The average molecular weight is 283 g/mol. The first-order valence-electron chi connectivity index (χ1n) is 6.00. The summed E-state index contributed by atoms with van der Waals surface area (Å²) in [6, 6.07) is 3.69. The molecule has 0 aliphatic rings. The van der Waals surface area contributed by atoms with Crippen LogP contribution in [0.1, 0.15) is 21.1 Å². The van der Waals surface area contributed by atoms with E-state index in [0.29, 0.717) is 12.0 Å². The average Bonchev–Trinajstić information content (AvgIpc) is 2.63. The Bertz CT molecular complexity index is 563. The molecule has 2 nitrogen and oxygen atoms in total. The summed E-state index contributed by atoms with van der Waals surface area (Å²) < 4.78 is 25.8. The van der Waals surface area contributed by atoms with Gasteiger partial charge in [-0.25, -0.2) is 13.8 Å². The molecule has 1 atom stereocenters. The van der Waals surface area contributed by atoms with Gasteiger partial charge in [-0.05, 0) is 38.0 Å². The number of aromatic nitrogens is 1. The Kier molecular flexibility index (Phi) is 4.27. The Morgan fingerprint density at radius 2 is 1.95 bits per heavy atom. The predicted octanol–water partition coefficient (Wildman–Crippen LogP) is 3.18. The first-order chi connectivity index (χ1) is 8.95. The van der Waals surface area contributed by atoms with Crippen LogP contribution in [-0.4, -0.2) is 16.2 Å². The molecule has 0 radical (unpaired) electrons. The molecule has 1 aromatic carbocycles. The van der Waals surface area contributed by atoms with Crippen molar-refractivity contribution in [1.82, 2.24) is 4.98 Å². The third-order valence-corrected chi connectivity index (χ3v) is 4.03. The first-order valence-corrected chi connectivity index (χ1v) is 6.82. The normalized spacial score (nSPS) is 12.7. The Morgan fingerprint density at radius 1 is 1.21 bits per heavy atom. The summed E-state index contributed by atoms with van der Waals surface area (Å²) in [5.41, 5.74) is 1.55. The van der Waals surface area contributed by atoms with Crippen molar-refractivity contribution in [2.75, 3.05) is 0 Å². The smallest absolute Gasteiger partial charge is 0.159 e. The van der Waals surface area contributed by atoms with Gasteiger partial charge in [0.25, 0.3) is 0 Å². The van der Waals surface area contributed by atoms with Crippen LogP contribution in [0.4, 0.5) is 8.78 Å². The van der Waals surface area contributed by atoms with Gasteiger partial charge in [0.1, 0.15) is 0 Å². The molecule has 102 valence electrons. The van der Waals surface area contributed by atoms with Crippen LogP contribution in [0.5, 0.6) is 0 Å². The molecule has 0 saturated heterocycles. The summed E-state index contributed by atoms with van der Waals surface area (Å²) in [6.45, 7) is 3.91. The highest BCUT2D eigenvalue weighted by molar-refractivity contribution is 7.11. The van der Waals surface area contributed by atoms with Crippen molar-refractivity contribution in [2.45, 2.75) is 32.8 Å². The molecule has 0 saturated carbocycles. The lowest BCUT2D eigenvalue weighted by Gasteiger charge is -2.09. The van der Waals surface area contributed by atoms with Crippen molar-refractivity contribution in [3.05, 3.63) is 51.0 Å². The number of aliphatic hydroxyl groups excluding tert-OH is 1. The molecule has 1 unspecified atom stereocenters. The Morgan fingerprint density at radius 3 is 2.53 bits per heavy atom. The summed E-state index contributed by atoms with van der Waals surface area (Å²) in [5.74, 6) is -1.75. The molecule has 0 amide bonds. The van der Waals surface area contributed by atoms with Gasteiger partial charge >= 0.3 is 0 Å².